The molecule has 21 heavy (non-hydrogen) atoms. The van der Waals surface area contributed by atoms with Gasteiger partial charge in [0.1, 0.15) is 0 Å². The highest BCUT2D eigenvalue weighted by Gasteiger charge is 2.02. The van der Waals surface area contributed by atoms with Gasteiger partial charge in [-0.1, -0.05) is 91.9 Å². The fraction of sp³-hybridized carbons (Fsp3) is 1.00. The van der Waals surface area contributed by atoms with Crippen molar-refractivity contribution in [2.75, 3.05) is 20.2 Å². The molecule has 0 bridgehead atoms. The van der Waals surface area contributed by atoms with Gasteiger partial charge < -0.3 is 4.84 Å². The van der Waals surface area contributed by atoms with Crippen molar-refractivity contribution in [2.45, 2.75) is 105 Å². The van der Waals surface area contributed by atoms with Gasteiger partial charge in [0.2, 0.25) is 0 Å². The van der Waals surface area contributed by atoms with Crippen LogP contribution in [-0.2, 0) is 4.84 Å². The Labute approximate surface area is 135 Å². The Kier molecular flexibility index (Phi) is 24.5. The lowest BCUT2D eigenvalue weighted by Crippen LogP contribution is -2.24. The molecule has 0 rings (SSSR count). The van der Waals surface area contributed by atoms with Crippen molar-refractivity contribution in [1.29, 1.82) is 0 Å². The van der Waals surface area contributed by atoms with Gasteiger partial charge in [0.25, 0.3) is 0 Å². The summed E-state index contributed by atoms with van der Waals surface area (Å²) in [5.41, 5.74) is 0. The third-order valence-corrected chi connectivity index (χ3v) is 3.78. The van der Waals surface area contributed by atoms with E-state index in [2.05, 4.69) is 18.9 Å². The van der Waals surface area contributed by atoms with E-state index < -0.39 is 0 Å². The molecule has 0 aromatic heterocycles. The van der Waals surface area contributed by atoms with Crippen molar-refractivity contribution in [1.82, 2.24) is 5.06 Å². The van der Waals surface area contributed by atoms with Crippen LogP contribution in [0.1, 0.15) is 105 Å². The Morgan fingerprint density at radius 2 is 0.905 bits per heavy atom. The maximum absolute atomic E-state index is 5.44. The largest absolute Gasteiger partial charge is 0.302 e. The predicted octanol–water partition coefficient (Wildman–Crippen LogP) is 6.60. The summed E-state index contributed by atoms with van der Waals surface area (Å²) in [5.74, 6) is 0. The smallest absolute Gasteiger partial charge is 0.0575 e. The summed E-state index contributed by atoms with van der Waals surface area (Å²) in [7, 11) is 1.81. The SMILES string of the molecule is CC.CCCCCCCCN(CCCCCCCC)OC. The normalized spacial score (nSPS) is 10.6. The molecule has 0 N–H and O–H groups in total. The Bertz CT molecular complexity index is 146. The fourth-order valence-electron chi connectivity index (χ4n) is 2.43. The minimum atomic E-state index is 1.11. The van der Waals surface area contributed by atoms with Crippen LogP contribution in [0.25, 0.3) is 0 Å². The zero-order valence-corrected chi connectivity index (χ0v) is 15.8. The highest BCUT2D eigenvalue weighted by molar-refractivity contribution is 4.51. The monoisotopic (exact) mass is 301 g/mol. The van der Waals surface area contributed by atoms with E-state index in [0.717, 1.165) is 13.1 Å². The number of hydroxylamine groups is 2. The van der Waals surface area contributed by atoms with Gasteiger partial charge >= 0.3 is 0 Å². The second-order valence-corrected chi connectivity index (χ2v) is 5.65. The van der Waals surface area contributed by atoms with Crippen LogP contribution < -0.4 is 0 Å². The third-order valence-electron chi connectivity index (χ3n) is 3.78. The average Bonchev–Trinajstić information content (AvgIpc) is 2.53. The van der Waals surface area contributed by atoms with Gasteiger partial charge in [-0.2, -0.15) is 5.06 Å². The Morgan fingerprint density at radius 3 is 1.24 bits per heavy atom. The second-order valence-electron chi connectivity index (χ2n) is 5.65. The van der Waals surface area contributed by atoms with Gasteiger partial charge in [-0.15, -0.1) is 0 Å². The molecule has 0 spiro atoms. The quantitative estimate of drug-likeness (QED) is 0.250. The number of nitrogens with zero attached hydrogens (tertiary/aromatic N) is 1. The molecule has 0 amide bonds. The lowest BCUT2D eigenvalue weighted by molar-refractivity contribution is -0.132. The molecule has 0 aromatic rings. The van der Waals surface area contributed by atoms with Crippen molar-refractivity contribution in [3.05, 3.63) is 0 Å². The Hall–Kier alpha value is -0.0800. The van der Waals surface area contributed by atoms with E-state index >= 15 is 0 Å². The van der Waals surface area contributed by atoms with E-state index in [9.17, 15) is 0 Å². The Balaban J connectivity index is 0. The summed E-state index contributed by atoms with van der Waals surface area (Å²) in [6.07, 6.45) is 16.3. The summed E-state index contributed by atoms with van der Waals surface area (Å²) in [4.78, 5) is 5.44. The zero-order valence-electron chi connectivity index (χ0n) is 15.8. The van der Waals surface area contributed by atoms with Crippen LogP contribution in [-0.4, -0.2) is 25.3 Å². The molecule has 2 nitrogen and oxygen atoms in total. The first-order valence-corrected chi connectivity index (χ1v) is 9.64. The number of hydrogen-bond acceptors (Lipinski definition) is 2. The molecule has 0 fully saturated rings. The molecule has 130 valence electrons. The molecule has 0 saturated carbocycles. The number of hydrogen-bond donors (Lipinski definition) is 0. The molecular formula is C19H43NO. The maximum atomic E-state index is 5.44. The first kappa shape index (κ1) is 23.2. The van der Waals surface area contributed by atoms with Crippen molar-refractivity contribution in [3.8, 4) is 0 Å². The number of unbranched alkanes of at least 4 members (excludes halogenated alkanes) is 10. The lowest BCUT2D eigenvalue weighted by Gasteiger charge is -2.19. The van der Waals surface area contributed by atoms with Crippen LogP contribution in [0, 0.1) is 0 Å². The van der Waals surface area contributed by atoms with E-state index in [-0.39, 0.29) is 0 Å². The predicted molar refractivity (Wildman–Crippen MR) is 96.7 cm³/mol. The summed E-state index contributed by atoms with van der Waals surface area (Å²) >= 11 is 0. The summed E-state index contributed by atoms with van der Waals surface area (Å²) in [6, 6.07) is 0. The van der Waals surface area contributed by atoms with Gasteiger partial charge in [0.15, 0.2) is 0 Å². The number of rotatable bonds is 15. The zero-order chi connectivity index (χ0) is 16.2. The van der Waals surface area contributed by atoms with Crippen molar-refractivity contribution in [2.24, 2.45) is 0 Å². The molecule has 2 heteroatoms. The topological polar surface area (TPSA) is 12.5 Å². The molecule has 0 atom stereocenters. The van der Waals surface area contributed by atoms with Gasteiger partial charge in [0, 0.05) is 13.1 Å². The maximum Gasteiger partial charge on any atom is 0.0575 e. The molecule has 0 aliphatic heterocycles. The van der Waals surface area contributed by atoms with Crippen molar-refractivity contribution < 1.29 is 4.84 Å². The van der Waals surface area contributed by atoms with Gasteiger partial charge in [-0.25, -0.2) is 0 Å². The first-order chi connectivity index (χ1) is 10.3. The molecule has 0 aliphatic rings. The van der Waals surface area contributed by atoms with E-state index in [1.165, 1.54) is 77.0 Å². The minimum Gasteiger partial charge on any atom is -0.302 e. The van der Waals surface area contributed by atoms with E-state index in [4.69, 9.17) is 4.84 Å². The molecule has 0 unspecified atom stereocenters. The molecule has 0 aromatic carbocycles. The lowest BCUT2D eigenvalue weighted by atomic mass is 10.1. The van der Waals surface area contributed by atoms with E-state index in [0.29, 0.717) is 0 Å². The summed E-state index contributed by atoms with van der Waals surface area (Å²) in [6.45, 7) is 10.8. The van der Waals surface area contributed by atoms with Crippen LogP contribution in [0.4, 0.5) is 0 Å². The van der Waals surface area contributed by atoms with E-state index in [1.54, 1.807) is 0 Å². The van der Waals surface area contributed by atoms with Gasteiger partial charge in [-0.05, 0) is 12.8 Å². The van der Waals surface area contributed by atoms with Crippen molar-refractivity contribution >= 4 is 0 Å². The van der Waals surface area contributed by atoms with Crippen LogP contribution in [0.2, 0.25) is 0 Å². The van der Waals surface area contributed by atoms with Crippen LogP contribution >= 0.6 is 0 Å². The molecule has 0 heterocycles. The average molecular weight is 302 g/mol. The van der Waals surface area contributed by atoms with Crippen LogP contribution in [0.5, 0.6) is 0 Å². The Morgan fingerprint density at radius 1 is 0.571 bits per heavy atom. The standard InChI is InChI=1S/C17H37NO.C2H6/c1-4-6-8-10-12-14-16-18(19-3)17-15-13-11-9-7-5-2;1-2/h4-17H2,1-3H3;1-2H3. The van der Waals surface area contributed by atoms with Crippen LogP contribution in [0.15, 0.2) is 0 Å². The molecular weight excluding hydrogens is 258 g/mol. The summed E-state index contributed by atoms with van der Waals surface area (Å²) < 4.78 is 0. The summed E-state index contributed by atoms with van der Waals surface area (Å²) in [5, 5.41) is 2.15. The highest BCUT2D eigenvalue weighted by atomic mass is 16.7. The van der Waals surface area contributed by atoms with Crippen LogP contribution in [0.3, 0.4) is 0 Å². The minimum absolute atomic E-state index is 1.11. The van der Waals surface area contributed by atoms with E-state index in [1.807, 2.05) is 21.0 Å². The fourth-order valence-corrected chi connectivity index (χ4v) is 2.43. The highest BCUT2D eigenvalue weighted by Crippen LogP contribution is 2.08. The van der Waals surface area contributed by atoms with Gasteiger partial charge in [-0.3, -0.25) is 0 Å². The first-order valence-electron chi connectivity index (χ1n) is 9.64. The molecule has 0 radical (unpaired) electrons. The van der Waals surface area contributed by atoms with Gasteiger partial charge in [0.05, 0.1) is 7.11 Å². The molecule has 0 saturated heterocycles. The molecule has 0 aliphatic carbocycles. The second kappa shape index (κ2) is 22.2. The third kappa shape index (κ3) is 19.9. The van der Waals surface area contributed by atoms with Crippen molar-refractivity contribution in [3.63, 3.8) is 0 Å².